The lowest BCUT2D eigenvalue weighted by molar-refractivity contribution is -0.143. The number of phenols is 1. The Morgan fingerprint density at radius 1 is 0.788 bits per heavy atom. The predicted octanol–water partition coefficient (Wildman–Crippen LogP) is 4.48. The number of benzene rings is 3. The minimum absolute atomic E-state index is 0.0388. The smallest absolute Gasteiger partial charge is 0.330 e. The SMILES string of the molecule is CC(C)CC1NC(=O)C(NC(=O)NC(C(=O)O)c2ccccc2)CCCCNC(=O)C(Cc2ccccc2)NC(=O)C(Cc2c[nH]c3cc(Cl)c(O)cc23)N(C)C(=O)C(CC(C)C)NC1=O. The minimum Gasteiger partial charge on any atom is -0.506 e. The van der Waals surface area contributed by atoms with Crippen molar-refractivity contribution in [1.82, 2.24) is 41.8 Å². The number of amides is 7. The Morgan fingerprint density at radius 3 is 2.06 bits per heavy atom. The number of carbonyl (C=O) groups is 7. The Morgan fingerprint density at radius 2 is 1.41 bits per heavy atom. The molecule has 354 valence electrons. The van der Waals surface area contributed by atoms with Gasteiger partial charge in [0.15, 0.2) is 6.04 Å². The van der Waals surface area contributed by atoms with Crippen LogP contribution in [0.1, 0.15) is 82.5 Å². The first-order chi connectivity index (χ1) is 31.4. The highest BCUT2D eigenvalue weighted by atomic mass is 35.5. The van der Waals surface area contributed by atoms with Crippen molar-refractivity contribution in [2.45, 2.75) is 109 Å². The molecule has 3 aromatic carbocycles. The third kappa shape index (κ3) is 13.9. The largest absolute Gasteiger partial charge is 0.506 e. The standard InChI is InChI=1S/C48H61ClN8O9/c1-27(2)20-36-44(61)54-38(21-28(3)4)46(63)57(5)39(23-31-26-51-35-25-33(49)40(58)24-32(31)35)45(62)53-37(22-29-14-8-6-9-15-29)42(59)50-19-13-12-18-34(43(60)52-36)55-48(66)56-41(47(64)65)30-16-10-7-11-17-30/h6-11,14-17,24-28,34,36-39,41,51,58H,12-13,18-23H2,1-5H3,(H,50,59)(H,52,60)(H,53,62)(H,54,61)(H,64,65)(H2,55,56,66). The van der Waals surface area contributed by atoms with E-state index in [1.54, 1.807) is 42.6 Å². The molecule has 0 radical (unpaired) electrons. The topological polar surface area (TPSA) is 251 Å². The molecule has 1 aliphatic rings. The number of rotatable bonds is 12. The molecular formula is C48H61ClN8O9. The van der Waals surface area contributed by atoms with Crippen molar-refractivity contribution in [3.8, 4) is 5.75 Å². The van der Waals surface area contributed by atoms with Gasteiger partial charge in [0.25, 0.3) is 0 Å². The van der Waals surface area contributed by atoms with Crippen LogP contribution in [0.5, 0.6) is 5.75 Å². The van der Waals surface area contributed by atoms with Gasteiger partial charge in [-0.25, -0.2) is 9.59 Å². The molecule has 1 saturated heterocycles. The number of carboxylic acids is 1. The van der Waals surface area contributed by atoms with Gasteiger partial charge in [-0.1, -0.05) is 100.0 Å². The first-order valence-electron chi connectivity index (χ1n) is 22.2. The molecule has 0 saturated carbocycles. The van der Waals surface area contributed by atoms with E-state index in [4.69, 9.17) is 11.6 Å². The van der Waals surface area contributed by atoms with E-state index in [0.29, 0.717) is 34.9 Å². The van der Waals surface area contributed by atoms with Gasteiger partial charge in [-0.15, -0.1) is 0 Å². The van der Waals surface area contributed by atoms with Crippen molar-refractivity contribution in [2.75, 3.05) is 13.6 Å². The number of carbonyl (C=O) groups excluding carboxylic acids is 6. The molecule has 1 fully saturated rings. The average Bonchev–Trinajstić information content (AvgIpc) is 3.65. The summed E-state index contributed by atoms with van der Waals surface area (Å²) in [6.07, 6.45) is 2.66. The third-order valence-corrected chi connectivity index (χ3v) is 11.7. The van der Waals surface area contributed by atoms with Gasteiger partial charge in [-0.3, -0.25) is 24.0 Å². The summed E-state index contributed by atoms with van der Waals surface area (Å²) in [6.45, 7) is 7.58. The Balaban J connectivity index is 1.51. The van der Waals surface area contributed by atoms with Gasteiger partial charge >= 0.3 is 12.0 Å². The zero-order valence-electron chi connectivity index (χ0n) is 37.9. The van der Waals surface area contributed by atoms with Crippen molar-refractivity contribution >= 4 is 64.0 Å². The zero-order chi connectivity index (χ0) is 48.1. The number of H-pyrrole nitrogens is 1. The summed E-state index contributed by atoms with van der Waals surface area (Å²) >= 11 is 6.20. The molecule has 17 nitrogen and oxygen atoms in total. The summed E-state index contributed by atoms with van der Waals surface area (Å²) in [5.74, 6) is -4.88. The lowest BCUT2D eigenvalue weighted by atomic mass is 9.97. The molecule has 7 amide bonds. The molecule has 0 aliphatic carbocycles. The summed E-state index contributed by atoms with van der Waals surface area (Å²) in [7, 11) is 1.45. The number of nitrogens with one attached hydrogen (secondary N) is 7. The number of aromatic amines is 1. The maximum atomic E-state index is 14.8. The van der Waals surface area contributed by atoms with E-state index >= 15 is 0 Å². The highest BCUT2D eigenvalue weighted by Gasteiger charge is 2.37. The van der Waals surface area contributed by atoms with Crippen molar-refractivity contribution in [1.29, 1.82) is 0 Å². The summed E-state index contributed by atoms with van der Waals surface area (Å²) < 4.78 is 0. The van der Waals surface area contributed by atoms with Gasteiger partial charge < -0.3 is 52.0 Å². The van der Waals surface area contributed by atoms with E-state index in [1.807, 2.05) is 58.0 Å². The van der Waals surface area contributed by atoms with Gasteiger partial charge in [0, 0.05) is 43.5 Å². The number of likely N-dealkylation sites (N-methyl/N-ethyl adjacent to an activating group) is 1. The van der Waals surface area contributed by atoms with Crippen LogP contribution in [0.25, 0.3) is 10.9 Å². The molecule has 18 heteroatoms. The number of aromatic nitrogens is 1. The quantitative estimate of drug-likeness (QED) is 0.0971. The molecule has 0 spiro atoms. The number of hydrogen-bond acceptors (Lipinski definition) is 8. The van der Waals surface area contributed by atoms with Crippen LogP contribution < -0.4 is 31.9 Å². The lowest BCUT2D eigenvalue weighted by Crippen LogP contribution is -2.60. The summed E-state index contributed by atoms with van der Waals surface area (Å²) in [5.41, 5.74) is 2.21. The fourth-order valence-corrected chi connectivity index (χ4v) is 8.14. The Hall–Kier alpha value is -6.62. The number of carboxylic acid groups (broad SMARTS) is 1. The van der Waals surface area contributed by atoms with Crippen LogP contribution in [-0.4, -0.2) is 105 Å². The maximum Gasteiger partial charge on any atom is 0.330 e. The van der Waals surface area contributed by atoms with Crippen molar-refractivity contribution in [3.63, 3.8) is 0 Å². The third-order valence-electron chi connectivity index (χ3n) is 11.4. The molecular weight excluding hydrogens is 868 g/mol. The molecule has 2 heterocycles. The molecule has 9 N–H and O–H groups in total. The second kappa shape index (κ2) is 23.5. The number of aliphatic carboxylic acids is 1. The molecule has 1 aliphatic heterocycles. The number of halogens is 1. The Labute approximate surface area is 389 Å². The number of urea groups is 1. The predicted molar refractivity (Wildman–Crippen MR) is 249 cm³/mol. The van der Waals surface area contributed by atoms with Gasteiger partial charge in [0.1, 0.15) is 36.0 Å². The number of aromatic hydroxyl groups is 1. The molecule has 66 heavy (non-hydrogen) atoms. The van der Waals surface area contributed by atoms with Gasteiger partial charge in [-0.05, 0) is 72.8 Å². The van der Waals surface area contributed by atoms with Crippen molar-refractivity contribution in [2.24, 2.45) is 11.8 Å². The van der Waals surface area contributed by atoms with Crippen molar-refractivity contribution in [3.05, 3.63) is 101 Å². The molecule has 5 rings (SSSR count). The highest BCUT2D eigenvalue weighted by Crippen LogP contribution is 2.31. The Kier molecular flexibility index (Phi) is 18.0. The van der Waals surface area contributed by atoms with Gasteiger partial charge in [-0.2, -0.15) is 0 Å². The maximum absolute atomic E-state index is 14.8. The summed E-state index contributed by atoms with van der Waals surface area (Å²) in [6, 6.07) is 11.9. The number of nitrogens with zero attached hydrogens (tertiary/aromatic N) is 1. The first kappa shape index (κ1) is 50.4. The molecule has 4 aromatic rings. The molecule has 0 bridgehead atoms. The number of hydrogen-bond donors (Lipinski definition) is 9. The molecule has 1 aromatic heterocycles. The van der Waals surface area contributed by atoms with Crippen molar-refractivity contribution < 1.29 is 43.8 Å². The van der Waals surface area contributed by atoms with E-state index in [2.05, 4.69) is 36.9 Å². The van der Waals surface area contributed by atoms with Crippen LogP contribution in [0.4, 0.5) is 4.79 Å². The number of fused-ring (bicyclic) bond motifs is 1. The van der Waals surface area contributed by atoms with Crippen LogP contribution in [0.2, 0.25) is 5.02 Å². The lowest BCUT2D eigenvalue weighted by Gasteiger charge is -2.33. The van der Waals surface area contributed by atoms with E-state index in [0.717, 1.165) is 5.56 Å². The second-order valence-corrected chi connectivity index (χ2v) is 18.0. The highest BCUT2D eigenvalue weighted by molar-refractivity contribution is 6.32. The average molecular weight is 930 g/mol. The zero-order valence-corrected chi connectivity index (χ0v) is 38.6. The van der Waals surface area contributed by atoms with Crippen LogP contribution in [0, 0.1) is 11.8 Å². The van der Waals surface area contributed by atoms with E-state index in [-0.39, 0.29) is 61.3 Å². The van der Waals surface area contributed by atoms with Crippen LogP contribution >= 0.6 is 11.6 Å². The summed E-state index contributed by atoms with van der Waals surface area (Å²) in [4.78, 5) is 102. The van der Waals surface area contributed by atoms with Crippen LogP contribution in [-0.2, 0) is 41.6 Å². The van der Waals surface area contributed by atoms with Gasteiger partial charge in [0.05, 0.1) is 5.02 Å². The number of phenolic OH excluding ortho intramolecular Hbond substituents is 1. The van der Waals surface area contributed by atoms with Gasteiger partial charge in [0.2, 0.25) is 29.5 Å². The van der Waals surface area contributed by atoms with Crippen LogP contribution in [0.3, 0.4) is 0 Å². The minimum atomic E-state index is -1.43. The fourth-order valence-electron chi connectivity index (χ4n) is 7.98. The van der Waals surface area contributed by atoms with E-state index in [1.165, 1.54) is 18.0 Å². The van der Waals surface area contributed by atoms with E-state index < -0.39 is 77.8 Å². The fraction of sp³-hybridized carbons (Fsp3) is 0.438. The first-order valence-corrected chi connectivity index (χ1v) is 22.6. The second-order valence-electron chi connectivity index (χ2n) is 17.6. The van der Waals surface area contributed by atoms with Crippen LogP contribution in [0.15, 0.2) is 79.0 Å². The normalized spacial score (nSPS) is 21.2. The Bertz CT molecular complexity index is 2340. The molecule has 6 unspecified atom stereocenters. The van der Waals surface area contributed by atoms with E-state index in [9.17, 15) is 43.8 Å². The monoisotopic (exact) mass is 928 g/mol. The molecule has 6 atom stereocenters. The summed E-state index contributed by atoms with van der Waals surface area (Å²) in [5, 5.41) is 37.6.